The van der Waals surface area contributed by atoms with Gasteiger partial charge in [-0.05, 0) is 44.7 Å². The van der Waals surface area contributed by atoms with Gasteiger partial charge in [-0.3, -0.25) is 0 Å². The van der Waals surface area contributed by atoms with Crippen molar-refractivity contribution in [1.82, 2.24) is 15.3 Å². The molecule has 18 heavy (non-hydrogen) atoms. The van der Waals surface area contributed by atoms with Gasteiger partial charge in [0.15, 0.2) is 0 Å². The predicted octanol–water partition coefficient (Wildman–Crippen LogP) is 2.50. The summed E-state index contributed by atoms with van der Waals surface area (Å²) in [5, 5.41) is 3.07. The Balaban J connectivity index is 2.24. The lowest BCUT2D eigenvalue weighted by Gasteiger charge is -2.08. The van der Waals surface area contributed by atoms with E-state index in [2.05, 4.69) is 34.3 Å². The van der Waals surface area contributed by atoms with Crippen LogP contribution in [0.25, 0.3) is 11.3 Å². The van der Waals surface area contributed by atoms with Crippen molar-refractivity contribution in [1.29, 1.82) is 0 Å². The Hall–Kier alpha value is -1.81. The number of benzene rings is 1. The summed E-state index contributed by atoms with van der Waals surface area (Å²) in [5.74, 6) is 1.88. The van der Waals surface area contributed by atoms with E-state index in [1.165, 1.54) is 0 Å². The van der Waals surface area contributed by atoms with E-state index in [1.54, 1.807) is 0 Å². The predicted molar refractivity (Wildman–Crippen MR) is 72.7 cm³/mol. The highest BCUT2D eigenvalue weighted by Crippen LogP contribution is 2.25. The average molecular weight is 245 g/mol. The second-order valence-corrected chi connectivity index (χ2v) is 4.19. The highest BCUT2D eigenvalue weighted by atomic mass is 16.5. The molecule has 0 radical (unpaired) electrons. The number of nitrogens with one attached hydrogen (secondary N) is 2. The monoisotopic (exact) mass is 245 g/mol. The molecule has 0 spiro atoms. The van der Waals surface area contributed by atoms with Crippen LogP contribution >= 0.6 is 0 Å². The zero-order valence-electron chi connectivity index (χ0n) is 11.1. The molecule has 0 unspecified atom stereocenters. The Bertz CT molecular complexity index is 520. The van der Waals surface area contributed by atoms with Crippen LogP contribution in [0.15, 0.2) is 24.4 Å². The molecule has 0 aliphatic heterocycles. The number of aromatic nitrogens is 2. The summed E-state index contributed by atoms with van der Waals surface area (Å²) < 4.78 is 5.54. The van der Waals surface area contributed by atoms with Crippen molar-refractivity contribution in [2.75, 3.05) is 13.7 Å². The van der Waals surface area contributed by atoms with Crippen molar-refractivity contribution in [3.63, 3.8) is 0 Å². The number of imidazole rings is 1. The molecule has 0 saturated heterocycles. The first kappa shape index (κ1) is 12.6. The maximum absolute atomic E-state index is 5.54. The molecule has 0 fully saturated rings. The van der Waals surface area contributed by atoms with Gasteiger partial charge in [-0.2, -0.15) is 0 Å². The number of ether oxygens (including phenoxy) is 1. The van der Waals surface area contributed by atoms with Gasteiger partial charge >= 0.3 is 0 Å². The molecule has 4 nitrogen and oxygen atoms in total. The van der Waals surface area contributed by atoms with Crippen LogP contribution < -0.4 is 10.1 Å². The molecule has 2 N–H and O–H groups in total. The van der Waals surface area contributed by atoms with Crippen LogP contribution in [0.1, 0.15) is 18.3 Å². The molecule has 0 atom stereocenters. The first-order chi connectivity index (χ1) is 8.74. The standard InChI is InChI=1S/C14H19N3O/c1-4-18-13-6-5-11(7-10(13)2)12-8-16-14(17-12)9-15-3/h5-8,15H,4,9H2,1-3H3,(H,16,17). The van der Waals surface area contributed by atoms with Gasteiger partial charge in [0.2, 0.25) is 0 Å². The summed E-state index contributed by atoms with van der Waals surface area (Å²) in [4.78, 5) is 7.62. The van der Waals surface area contributed by atoms with Crippen molar-refractivity contribution in [2.24, 2.45) is 0 Å². The van der Waals surface area contributed by atoms with Crippen molar-refractivity contribution >= 4 is 0 Å². The van der Waals surface area contributed by atoms with E-state index in [4.69, 9.17) is 4.74 Å². The zero-order chi connectivity index (χ0) is 13.0. The van der Waals surface area contributed by atoms with Gasteiger partial charge in [0, 0.05) is 5.56 Å². The van der Waals surface area contributed by atoms with E-state index >= 15 is 0 Å². The third-order valence-corrected chi connectivity index (χ3v) is 2.76. The molecule has 1 aromatic carbocycles. The van der Waals surface area contributed by atoms with Crippen LogP contribution in [0.5, 0.6) is 5.75 Å². The topological polar surface area (TPSA) is 49.9 Å². The van der Waals surface area contributed by atoms with Crippen molar-refractivity contribution in [3.05, 3.63) is 35.8 Å². The van der Waals surface area contributed by atoms with E-state index in [1.807, 2.05) is 26.2 Å². The van der Waals surface area contributed by atoms with Crippen LogP contribution in [0, 0.1) is 6.92 Å². The number of aryl methyl sites for hydroxylation is 1. The molecule has 2 aromatic rings. The SMILES string of the molecule is CCOc1ccc(-c2cnc(CNC)[nH]2)cc1C. The van der Waals surface area contributed by atoms with Crippen molar-refractivity contribution in [2.45, 2.75) is 20.4 Å². The Kier molecular flexibility index (Phi) is 3.99. The van der Waals surface area contributed by atoms with Gasteiger partial charge in [0.25, 0.3) is 0 Å². The highest BCUT2D eigenvalue weighted by molar-refractivity contribution is 5.61. The van der Waals surface area contributed by atoms with Gasteiger partial charge in [0.1, 0.15) is 11.6 Å². The summed E-state index contributed by atoms with van der Waals surface area (Å²) in [5.41, 5.74) is 3.30. The minimum absolute atomic E-state index is 0.691. The largest absolute Gasteiger partial charge is 0.494 e. The average Bonchev–Trinajstić information content (AvgIpc) is 2.81. The number of rotatable bonds is 5. The minimum atomic E-state index is 0.691. The van der Waals surface area contributed by atoms with Crippen molar-refractivity contribution < 1.29 is 4.74 Å². The summed E-state index contributed by atoms with van der Waals surface area (Å²) in [6.45, 7) is 5.48. The fourth-order valence-electron chi connectivity index (χ4n) is 1.90. The van der Waals surface area contributed by atoms with Gasteiger partial charge < -0.3 is 15.0 Å². The minimum Gasteiger partial charge on any atom is -0.494 e. The summed E-state index contributed by atoms with van der Waals surface area (Å²) >= 11 is 0. The Morgan fingerprint density at radius 1 is 1.39 bits per heavy atom. The first-order valence-corrected chi connectivity index (χ1v) is 6.17. The lowest BCUT2D eigenvalue weighted by molar-refractivity contribution is 0.338. The second-order valence-electron chi connectivity index (χ2n) is 4.19. The molecule has 4 heteroatoms. The molecule has 0 aliphatic carbocycles. The summed E-state index contributed by atoms with van der Waals surface area (Å²) in [7, 11) is 1.91. The molecule has 1 aromatic heterocycles. The maximum atomic E-state index is 5.54. The Morgan fingerprint density at radius 3 is 2.89 bits per heavy atom. The molecule has 96 valence electrons. The number of hydrogen-bond donors (Lipinski definition) is 2. The van der Waals surface area contributed by atoms with E-state index in [0.717, 1.165) is 34.9 Å². The highest BCUT2D eigenvalue weighted by Gasteiger charge is 2.05. The number of nitrogens with zero attached hydrogens (tertiary/aromatic N) is 1. The molecule has 0 amide bonds. The van der Waals surface area contributed by atoms with Crippen LogP contribution in [-0.4, -0.2) is 23.6 Å². The van der Waals surface area contributed by atoms with Crippen LogP contribution in [0.3, 0.4) is 0 Å². The second kappa shape index (κ2) is 5.69. The van der Waals surface area contributed by atoms with Crippen LogP contribution in [0.2, 0.25) is 0 Å². The van der Waals surface area contributed by atoms with E-state index in [-0.39, 0.29) is 0 Å². The molecule has 1 heterocycles. The third kappa shape index (κ3) is 2.71. The number of H-pyrrole nitrogens is 1. The van der Waals surface area contributed by atoms with Crippen molar-refractivity contribution in [3.8, 4) is 17.0 Å². The normalized spacial score (nSPS) is 10.6. The number of hydrogen-bond acceptors (Lipinski definition) is 3. The Labute approximate surface area is 107 Å². The summed E-state index contributed by atoms with van der Waals surface area (Å²) in [6, 6.07) is 6.17. The lowest BCUT2D eigenvalue weighted by Crippen LogP contribution is -2.06. The molecule has 0 saturated carbocycles. The smallest absolute Gasteiger partial charge is 0.122 e. The quantitative estimate of drug-likeness (QED) is 0.851. The lowest BCUT2D eigenvalue weighted by atomic mass is 10.1. The first-order valence-electron chi connectivity index (χ1n) is 6.17. The maximum Gasteiger partial charge on any atom is 0.122 e. The Morgan fingerprint density at radius 2 is 2.22 bits per heavy atom. The van der Waals surface area contributed by atoms with Gasteiger partial charge in [-0.1, -0.05) is 0 Å². The van der Waals surface area contributed by atoms with E-state index in [9.17, 15) is 0 Å². The van der Waals surface area contributed by atoms with Crippen LogP contribution in [-0.2, 0) is 6.54 Å². The fourth-order valence-corrected chi connectivity index (χ4v) is 1.90. The number of aromatic amines is 1. The third-order valence-electron chi connectivity index (χ3n) is 2.76. The van der Waals surface area contributed by atoms with Crippen LogP contribution in [0.4, 0.5) is 0 Å². The fraction of sp³-hybridized carbons (Fsp3) is 0.357. The molecule has 0 bridgehead atoms. The van der Waals surface area contributed by atoms with Gasteiger partial charge in [-0.15, -0.1) is 0 Å². The van der Waals surface area contributed by atoms with E-state index in [0.29, 0.717) is 6.61 Å². The molecular weight excluding hydrogens is 226 g/mol. The molecule has 2 rings (SSSR count). The molecule has 0 aliphatic rings. The zero-order valence-corrected chi connectivity index (χ0v) is 11.1. The molecular formula is C14H19N3O. The summed E-state index contributed by atoms with van der Waals surface area (Å²) in [6.07, 6.45) is 1.86. The van der Waals surface area contributed by atoms with E-state index < -0.39 is 0 Å². The van der Waals surface area contributed by atoms with Gasteiger partial charge in [-0.25, -0.2) is 4.98 Å². The van der Waals surface area contributed by atoms with Gasteiger partial charge in [0.05, 0.1) is 25.0 Å².